The predicted octanol–water partition coefficient (Wildman–Crippen LogP) is 2.71. The fraction of sp³-hybridized carbons (Fsp3) is 1.00. The molecule has 1 aliphatic heterocycles. The molecule has 14 heavy (non-hydrogen) atoms. The summed E-state index contributed by atoms with van der Waals surface area (Å²) in [5.41, 5.74) is 6.27. The summed E-state index contributed by atoms with van der Waals surface area (Å²) in [6.45, 7) is 7.52. The van der Waals surface area contributed by atoms with E-state index in [1.807, 2.05) is 0 Å². The first-order valence-electron chi connectivity index (χ1n) is 6.01. The van der Waals surface area contributed by atoms with Crippen molar-refractivity contribution >= 4 is 0 Å². The van der Waals surface area contributed by atoms with Gasteiger partial charge in [-0.2, -0.15) is 0 Å². The van der Waals surface area contributed by atoms with Crippen LogP contribution in [0.2, 0.25) is 0 Å². The fourth-order valence-electron chi connectivity index (χ4n) is 2.35. The molecule has 0 aromatic heterocycles. The Morgan fingerprint density at radius 2 is 2.21 bits per heavy atom. The molecule has 0 aromatic rings. The van der Waals surface area contributed by atoms with Gasteiger partial charge in [0.1, 0.15) is 0 Å². The first kappa shape index (κ1) is 12.0. The number of rotatable bonds is 4. The topological polar surface area (TPSA) is 35.2 Å². The highest BCUT2D eigenvalue weighted by atomic mass is 16.5. The Morgan fingerprint density at radius 1 is 1.50 bits per heavy atom. The second-order valence-electron chi connectivity index (χ2n) is 4.86. The van der Waals surface area contributed by atoms with Gasteiger partial charge in [0.05, 0.1) is 5.60 Å². The average molecular weight is 199 g/mol. The molecule has 1 fully saturated rings. The van der Waals surface area contributed by atoms with Crippen molar-refractivity contribution in [2.75, 3.05) is 6.61 Å². The first-order valence-corrected chi connectivity index (χ1v) is 6.01. The van der Waals surface area contributed by atoms with E-state index < -0.39 is 0 Å². The SMILES string of the molecule is CCCC(N)C1CCOC(C)(CC)C1. The van der Waals surface area contributed by atoms with Crippen molar-refractivity contribution in [3.8, 4) is 0 Å². The molecule has 3 atom stereocenters. The van der Waals surface area contributed by atoms with Crippen LogP contribution in [-0.4, -0.2) is 18.2 Å². The lowest BCUT2D eigenvalue weighted by Crippen LogP contribution is -2.43. The lowest BCUT2D eigenvalue weighted by Gasteiger charge is -2.40. The minimum absolute atomic E-state index is 0.0915. The van der Waals surface area contributed by atoms with Gasteiger partial charge in [-0.25, -0.2) is 0 Å². The fourth-order valence-corrected chi connectivity index (χ4v) is 2.35. The van der Waals surface area contributed by atoms with E-state index in [4.69, 9.17) is 10.5 Å². The van der Waals surface area contributed by atoms with Crippen LogP contribution in [-0.2, 0) is 4.74 Å². The summed E-state index contributed by atoms with van der Waals surface area (Å²) in [5, 5.41) is 0. The molecule has 0 saturated carbocycles. The van der Waals surface area contributed by atoms with Crippen LogP contribution in [0.3, 0.4) is 0 Å². The summed E-state index contributed by atoms with van der Waals surface area (Å²) in [6, 6.07) is 0.384. The van der Waals surface area contributed by atoms with Crippen molar-refractivity contribution in [2.24, 2.45) is 11.7 Å². The van der Waals surface area contributed by atoms with Gasteiger partial charge in [-0.3, -0.25) is 0 Å². The highest BCUT2D eigenvalue weighted by molar-refractivity contribution is 4.86. The summed E-state index contributed by atoms with van der Waals surface area (Å²) < 4.78 is 5.82. The Kier molecular flexibility index (Phi) is 4.39. The van der Waals surface area contributed by atoms with Gasteiger partial charge in [0, 0.05) is 12.6 Å². The molecule has 1 rings (SSSR count). The molecule has 0 spiro atoms. The molecule has 0 bridgehead atoms. The standard InChI is InChI=1S/C12H25NO/c1-4-6-11(13)10-7-8-14-12(3,5-2)9-10/h10-11H,4-9,13H2,1-3H3. The van der Waals surface area contributed by atoms with Gasteiger partial charge in [-0.15, -0.1) is 0 Å². The quantitative estimate of drug-likeness (QED) is 0.755. The monoisotopic (exact) mass is 199 g/mol. The highest BCUT2D eigenvalue weighted by Gasteiger charge is 2.33. The maximum atomic E-state index is 6.18. The van der Waals surface area contributed by atoms with Crippen LogP contribution in [0.15, 0.2) is 0 Å². The van der Waals surface area contributed by atoms with Gasteiger partial charge in [0.25, 0.3) is 0 Å². The van der Waals surface area contributed by atoms with Gasteiger partial charge in [-0.1, -0.05) is 20.3 Å². The normalized spacial score (nSPS) is 35.6. The highest BCUT2D eigenvalue weighted by Crippen LogP contribution is 2.33. The zero-order valence-electron chi connectivity index (χ0n) is 9.88. The molecule has 0 radical (unpaired) electrons. The smallest absolute Gasteiger partial charge is 0.0655 e. The van der Waals surface area contributed by atoms with Crippen molar-refractivity contribution in [3.63, 3.8) is 0 Å². The van der Waals surface area contributed by atoms with Crippen molar-refractivity contribution in [1.82, 2.24) is 0 Å². The number of ether oxygens (including phenoxy) is 1. The van der Waals surface area contributed by atoms with Gasteiger partial charge < -0.3 is 10.5 Å². The molecule has 84 valence electrons. The van der Waals surface area contributed by atoms with E-state index in [1.54, 1.807) is 0 Å². The Balaban J connectivity index is 2.47. The molecule has 0 aromatic carbocycles. The van der Waals surface area contributed by atoms with Crippen molar-refractivity contribution in [3.05, 3.63) is 0 Å². The van der Waals surface area contributed by atoms with E-state index in [2.05, 4.69) is 20.8 Å². The molecule has 1 heterocycles. The molecule has 2 nitrogen and oxygen atoms in total. The summed E-state index contributed by atoms with van der Waals surface area (Å²) in [7, 11) is 0. The van der Waals surface area contributed by atoms with Gasteiger partial charge in [0.15, 0.2) is 0 Å². The van der Waals surface area contributed by atoms with E-state index in [1.165, 1.54) is 6.42 Å². The zero-order valence-corrected chi connectivity index (χ0v) is 9.88. The molecule has 1 saturated heterocycles. The third-order valence-corrected chi connectivity index (χ3v) is 3.61. The molecular weight excluding hydrogens is 174 g/mol. The number of hydrogen-bond acceptors (Lipinski definition) is 2. The first-order chi connectivity index (χ1) is 6.61. The lowest BCUT2D eigenvalue weighted by atomic mass is 9.80. The van der Waals surface area contributed by atoms with Crippen LogP contribution in [0.4, 0.5) is 0 Å². The van der Waals surface area contributed by atoms with E-state index in [0.717, 1.165) is 32.3 Å². The van der Waals surface area contributed by atoms with E-state index in [0.29, 0.717) is 12.0 Å². The van der Waals surface area contributed by atoms with Gasteiger partial charge in [-0.05, 0) is 38.5 Å². The molecule has 1 aliphatic rings. The summed E-state index contributed by atoms with van der Waals surface area (Å²) in [5.74, 6) is 0.675. The van der Waals surface area contributed by atoms with Crippen molar-refractivity contribution in [1.29, 1.82) is 0 Å². The summed E-state index contributed by atoms with van der Waals surface area (Å²) in [6.07, 6.45) is 5.75. The zero-order chi connectivity index (χ0) is 10.6. The molecule has 3 unspecified atom stereocenters. The van der Waals surface area contributed by atoms with Crippen LogP contribution in [0.5, 0.6) is 0 Å². The van der Waals surface area contributed by atoms with Crippen LogP contribution in [0, 0.1) is 5.92 Å². The largest absolute Gasteiger partial charge is 0.375 e. The lowest BCUT2D eigenvalue weighted by molar-refractivity contribution is -0.0910. The van der Waals surface area contributed by atoms with Crippen LogP contribution in [0.25, 0.3) is 0 Å². The van der Waals surface area contributed by atoms with Crippen molar-refractivity contribution < 1.29 is 4.74 Å². The second kappa shape index (κ2) is 5.13. The minimum atomic E-state index is 0.0915. The van der Waals surface area contributed by atoms with Gasteiger partial charge >= 0.3 is 0 Å². The molecule has 0 aliphatic carbocycles. The maximum Gasteiger partial charge on any atom is 0.0655 e. The number of nitrogens with two attached hydrogens (primary N) is 1. The summed E-state index contributed by atoms with van der Waals surface area (Å²) >= 11 is 0. The van der Waals surface area contributed by atoms with Crippen molar-refractivity contribution in [2.45, 2.75) is 64.5 Å². The molecular formula is C12H25NO. The van der Waals surface area contributed by atoms with Crippen LogP contribution < -0.4 is 5.73 Å². The van der Waals surface area contributed by atoms with E-state index in [9.17, 15) is 0 Å². The maximum absolute atomic E-state index is 6.18. The predicted molar refractivity (Wildman–Crippen MR) is 60.3 cm³/mol. The number of hydrogen-bond donors (Lipinski definition) is 1. The molecule has 2 heteroatoms. The van der Waals surface area contributed by atoms with Crippen LogP contribution >= 0.6 is 0 Å². The van der Waals surface area contributed by atoms with Gasteiger partial charge in [0.2, 0.25) is 0 Å². The third kappa shape index (κ3) is 2.96. The third-order valence-electron chi connectivity index (χ3n) is 3.61. The Bertz CT molecular complexity index is 172. The average Bonchev–Trinajstić information content (AvgIpc) is 2.18. The minimum Gasteiger partial charge on any atom is -0.375 e. The van der Waals surface area contributed by atoms with E-state index >= 15 is 0 Å². The summed E-state index contributed by atoms with van der Waals surface area (Å²) in [4.78, 5) is 0. The Hall–Kier alpha value is -0.0800. The Morgan fingerprint density at radius 3 is 2.79 bits per heavy atom. The van der Waals surface area contributed by atoms with Crippen LogP contribution in [0.1, 0.15) is 52.9 Å². The molecule has 2 N–H and O–H groups in total. The Labute approximate surface area is 88.2 Å². The second-order valence-corrected chi connectivity index (χ2v) is 4.86. The van der Waals surface area contributed by atoms with E-state index in [-0.39, 0.29) is 5.60 Å². The molecule has 0 amide bonds.